The maximum absolute atomic E-state index is 12.5. The van der Waals surface area contributed by atoms with E-state index >= 15 is 0 Å². The predicted octanol–water partition coefficient (Wildman–Crippen LogP) is 16.1. The zero-order valence-corrected chi connectivity index (χ0v) is 39.9. The van der Waals surface area contributed by atoms with Crippen LogP contribution >= 0.6 is 0 Å². The van der Waals surface area contributed by atoms with Crippen LogP contribution in [0.25, 0.3) is 0 Å². The Morgan fingerprint density at radius 2 is 0.695 bits per heavy atom. The molecule has 0 saturated heterocycles. The number of unbranched alkanes of at least 4 members (excludes halogenated alkanes) is 37. The van der Waals surface area contributed by atoms with Crippen LogP contribution in [0, 0.1) is 0 Å². The number of aliphatic hydroxyl groups excluding tert-OH is 3. The van der Waals surface area contributed by atoms with Crippen molar-refractivity contribution in [2.24, 2.45) is 0 Å². The zero-order valence-electron chi connectivity index (χ0n) is 39.9. The van der Waals surface area contributed by atoms with Gasteiger partial charge in [-0.15, -0.1) is 0 Å². The smallest absolute Gasteiger partial charge is 0.249 e. The molecule has 0 saturated carbocycles. The van der Waals surface area contributed by atoms with E-state index in [1.54, 1.807) is 0 Å². The number of allylic oxidation sites excluding steroid dienone is 4. The third-order valence-corrected chi connectivity index (χ3v) is 12.6. The molecule has 59 heavy (non-hydrogen) atoms. The molecule has 0 aromatic rings. The summed E-state index contributed by atoms with van der Waals surface area (Å²) < 4.78 is 0. The fourth-order valence-corrected chi connectivity index (χ4v) is 8.40. The number of hydrogen-bond acceptors (Lipinski definition) is 4. The van der Waals surface area contributed by atoms with E-state index in [2.05, 4.69) is 43.5 Å². The first kappa shape index (κ1) is 57.8. The standard InChI is InChI=1S/C54H105NO4/c1-3-5-7-9-11-13-14-15-16-17-18-19-20-21-22-23-24-25-26-27-28-29-30-31-32-33-34-35-36-37-38-39-41-43-45-47-49-53(58)54(59)55-51(50-56)52(57)48-46-44-42-40-12-10-8-6-4-2/h22-23,25-26,51-53,56-58H,3-21,24,27-50H2,1-2H3,(H,55,59)/b23-22-,26-25-. The van der Waals surface area contributed by atoms with Gasteiger partial charge in [-0.25, -0.2) is 0 Å². The van der Waals surface area contributed by atoms with Gasteiger partial charge >= 0.3 is 0 Å². The number of aliphatic hydroxyl groups is 3. The average Bonchev–Trinajstić information content (AvgIpc) is 3.24. The van der Waals surface area contributed by atoms with E-state index in [1.807, 2.05) is 0 Å². The van der Waals surface area contributed by atoms with Crippen molar-refractivity contribution in [2.75, 3.05) is 6.61 Å². The van der Waals surface area contributed by atoms with Crippen molar-refractivity contribution >= 4 is 5.91 Å². The number of hydrogen-bond donors (Lipinski definition) is 4. The molecular formula is C54H105NO4. The summed E-state index contributed by atoms with van der Waals surface area (Å²) in [6.45, 7) is 4.22. The summed E-state index contributed by atoms with van der Waals surface area (Å²) in [5.41, 5.74) is 0. The molecule has 5 nitrogen and oxygen atoms in total. The summed E-state index contributed by atoms with van der Waals surface area (Å²) in [5, 5.41) is 33.2. The minimum absolute atomic E-state index is 0.312. The number of carbonyl (C=O) groups excluding carboxylic acids is 1. The van der Waals surface area contributed by atoms with Crippen LogP contribution in [0.2, 0.25) is 0 Å². The molecule has 0 aromatic heterocycles. The molecule has 0 rings (SSSR count). The molecule has 0 radical (unpaired) electrons. The molecule has 3 atom stereocenters. The van der Waals surface area contributed by atoms with Crippen LogP contribution in [0.4, 0.5) is 0 Å². The Labute approximate surface area is 369 Å². The van der Waals surface area contributed by atoms with Crippen molar-refractivity contribution in [1.29, 1.82) is 0 Å². The van der Waals surface area contributed by atoms with Gasteiger partial charge in [-0.1, -0.05) is 269 Å². The van der Waals surface area contributed by atoms with E-state index in [0.29, 0.717) is 12.8 Å². The summed E-state index contributed by atoms with van der Waals surface area (Å²) in [7, 11) is 0. The lowest BCUT2D eigenvalue weighted by molar-refractivity contribution is -0.131. The molecule has 3 unspecified atom stereocenters. The van der Waals surface area contributed by atoms with Gasteiger partial charge in [0.1, 0.15) is 6.10 Å². The zero-order chi connectivity index (χ0) is 43.0. The van der Waals surface area contributed by atoms with Gasteiger partial charge in [0.25, 0.3) is 0 Å². The highest BCUT2D eigenvalue weighted by atomic mass is 16.3. The third-order valence-electron chi connectivity index (χ3n) is 12.6. The molecule has 350 valence electrons. The summed E-state index contributed by atoms with van der Waals surface area (Å²) in [5.74, 6) is -0.470. The van der Waals surface area contributed by atoms with Crippen molar-refractivity contribution in [3.05, 3.63) is 24.3 Å². The van der Waals surface area contributed by atoms with Gasteiger partial charge in [0.15, 0.2) is 0 Å². The second kappa shape index (κ2) is 49.5. The van der Waals surface area contributed by atoms with Crippen molar-refractivity contribution in [1.82, 2.24) is 5.32 Å². The SMILES string of the molecule is CCCCCCCCCCCCCCC/C=C\C/C=C\CCCCCCCCCCCCCCCCCCC(O)C(=O)NC(CO)C(O)CCCCCCCCCCC. The van der Waals surface area contributed by atoms with Crippen LogP contribution in [0.15, 0.2) is 24.3 Å². The fraction of sp³-hybridized carbons (Fsp3) is 0.907. The number of amides is 1. The van der Waals surface area contributed by atoms with Crippen LogP contribution in [0.3, 0.4) is 0 Å². The van der Waals surface area contributed by atoms with Crippen molar-refractivity contribution in [3.8, 4) is 0 Å². The van der Waals surface area contributed by atoms with Gasteiger partial charge in [-0.3, -0.25) is 4.79 Å². The monoisotopic (exact) mass is 832 g/mol. The molecule has 1 amide bonds. The van der Waals surface area contributed by atoms with Crippen LogP contribution in [-0.2, 0) is 4.79 Å². The number of carbonyl (C=O) groups is 1. The molecule has 0 aliphatic carbocycles. The maximum atomic E-state index is 12.5. The Kier molecular flexibility index (Phi) is 48.5. The molecule has 4 N–H and O–H groups in total. The minimum atomic E-state index is -1.07. The molecule has 0 aromatic carbocycles. The lowest BCUT2D eigenvalue weighted by atomic mass is 10.0. The highest BCUT2D eigenvalue weighted by Crippen LogP contribution is 2.17. The van der Waals surface area contributed by atoms with E-state index < -0.39 is 24.2 Å². The van der Waals surface area contributed by atoms with Gasteiger partial charge < -0.3 is 20.6 Å². The van der Waals surface area contributed by atoms with Crippen molar-refractivity contribution in [3.63, 3.8) is 0 Å². The van der Waals surface area contributed by atoms with Crippen LogP contribution in [-0.4, -0.2) is 46.1 Å². The third kappa shape index (κ3) is 44.7. The molecule has 0 aliphatic heterocycles. The van der Waals surface area contributed by atoms with Crippen LogP contribution < -0.4 is 5.32 Å². The summed E-state index contributed by atoms with van der Waals surface area (Å²) >= 11 is 0. The Morgan fingerprint density at radius 1 is 0.407 bits per heavy atom. The van der Waals surface area contributed by atoms with Gasteiger partial charge in [0.05, 0.1) is 18.8 Å². The first-order valence-electron chi connectivity index (χ1n) is 26.6. The maximum Gasteiger partial charge on any atom is 0.249 e. The molecular weight excluding hydrogens is 727 g/mol. The Bertz CT molecular complexity index is 874. The minimum Gasteiger partial charge on any atom is -0.394 e. The predicted molar refractivity (Wildman–Crippen MR) is 259 cm³/mol. The highest BCUT2D eigenvalue weighted by molar-refractivity contribution is 5.80. The Balaban J connectivity index is 3.44. The molecule has 0 heterocycles. The van der Waals surface area contributed by atoms with E-state index in [0.717, 1.165) is 38.5 Å². The number of nitrogens with one attached hydrogen (secondary N) is 1. The molecule has 0 fully saturated rings. The van der Waals surface area contributed by atoms with E-state index in [4.69, 9.17) is 0 Å². The lowest BCUT2D eigenvalue weighted by Gasteiger charge is -2.23. The Morgan fingerprint density at radius 3 is 1.02 bits per heavy atom. The Hall–Kier alpha value is -1.17. The van der Waals surface area contributed by atoms with Crippen LogP contribution in [0.5, 0.6) is 0 Å². The summed E-state index contributed by atoms with van der Waals surface area (Å²) in [4.78, 5) is 12.5. The molecule has 5 heteroatoms. The average molecular weight is 832 g/mol. The first-order valence-corrected chi connectivity index (χ1v) is 26.6. The van der Waals surface area contributed by atoms with E-state index in [9.17, 15) is 20.1 Å². The molecule has 0 bridgehead atoms. The first-order chi connectivity index (χ1) is 29.1. The van der Waals surface area contributed by atoms with Gasteiger partial charge in [-0.2, -0.15) is 0 Å². The second-order valence-electron chi connectivity index (χ2n) is 18.4. The van der Waals surface area contributed by atoms with Crippen molar-refractivity contribution < 1.29 is 20.1 Å². The van der Waals surface area contributed by atoms with E-state index in [1.165, 1.54) is 225 Å². The lowest BCUT2D eigenvalue weighted by Crippen LogP contribution is -2.49. The highest BCUT2D eigenvalue weighted by Gasteiger charge is 2.23. The summed E-state index contributed by atoms with van der Waals surface area (Å²) in [6, 6.07) is -0.708. The fourth-order valence-electron chi connectivity index (χ4n) is 8.40. The summed E-state index contributed by atoms with van der Waals surface area (Å²) in [6.07, 6.45) is 62.4. The van der Waals surface area contributed by atoms with E-state index in [-0.39, 0.29) is 6.61 Å². The van der Waals surface area contributed by atoms with Gasteiger partial charge in [0.2, 0.25) is 5.91 Å². The largest absolute Gasteiger partial charge is 0.394 e. The second-order valence-corrected chi connectivity index (χ2v) is 18.4. The van der Waals surface area contributed by atoms with Gasteiger partial charge in [0, 0.05) is 0 Å². The quantitative estimate of drug-likeness (QED) is 0.0363. The van der Waals surface area contributed by atoms with Gasteiger partial charge in [-0.05, 0) is 44.9 Å². The number of rotatable bonds is 49. The van der Waals surface area contributed by atoms with Crippen LogP contribution in [0.1, 0.15) is 290 Å². The molecule has 0 spiro atoms. The van der Waals surface area contributed by atoms with Crippen molar-refractivity contribution in [2.45, 2.75) is 308 Å². The molecule has 0 aliphatic rings. The topological polar surface area (TPSA) is 89.8 Å². The normalized spacial score (nSPS) is 13.5.